The Morgan fingerprint density at radius 2 is 1.79 bits per heavy atom. The molecule has 29 heavy (non-hydrogen) atoms. The largest absolute Gasteiger partial charge is 0.493 e. The number of guanidine groups is 1. The molecule has 1 aromatic heterocycles. The van der Waals surface area contributed by atoms with E-state index < -0.39 is 0 Å². The lowest BCUT2D eigenvalue weighted by Crippen LogP contribution is -2.36. The van der Waals surface area contributed by atoms with Crippen LogP contribution in [0.5, 0.6) is 11.5 Å². The molecule has 0 spiro atoms. The number of carbonyl (C=O) groups excluding carboxylic acids is 1. The van der Waals surface area contributed by atoms with E-state index in [2.05, 4.69) is 20.6 Å². The van der Waals surface area contributed by atoms with Crippen LogP contribution >= 0.6 is 0 Å². The fraction of sp³-hybridized carbons (Fsp3) is 0.136. The van der Waals surface area contributed by atoms with E-state index in [1.54, 1.807) is 37.7 Å². The number of nitrogens with zero attached hydrogens (tertiary/aromatic N) is 2. The first kappa shape index (κ1) is 19.9. The number of ether oxygens (including phenoxy) is 2. The Hall–Kier alpha value is -3.87. The lowest BCUT2D eigenvalue weighted by molar-refractivity contribution is 0.0976. The predicted octanol–water partition coefficient (Wildman–Crippen LogP) is 3.50. The second kappa shape index (κ2) is 9.89. The molecule has 0 saturated heterocycles. The molecular weight excluding hydrogens is 368 g/mol. The molecule has 0 fully saturated rings. The van der Waals surface area contributed by atoms with E-state index in [1.165, 1.54) is 7.11 Å². The monoisotopic (exact) mass is 390 g/mol. The average Bonchev–Trinajstić information content (AvgIpc) is 2.78. The van der Waals surface area contributed by atoms with Gasteiger partial charge in [0.25, 0.3) is 5.91 Å². The number of carbonyl (C=O) groups is 1. The predicted molar refractivity (Wildman–Crippen MR) is 112 cm³/mol. The summed E-state index contributed by atoms with van der Waals surface area (Å²) in [5.41, 5.74) is 2.16. The number of hydrogen-bond acceptors (Lipinski definition) is 5. The Morgan fingerprint density at radius 3 is 2.48 bits per heavy atom. The molecule has 7 heteroatoms. The third kappa shape index (κ3) is 5.55. The second-order valence-corrected chi connectivity index (χ2v) is 6.04. The molecule has 0 atom stereocenters. The van der Waals surface area contributed by atoms with Crippen molar-refractivity contribution in [2.75, 3.05) is 19.5 Å². The van der Waals surface area contributed by atoms with Crippen molar-refractivity contribution in [3.8, 4) is 11.5 Å². The van der Waals surface area contributed by atoms with Crippen LogP contribution in [0.25, 0.3) is 0 Å². The van der Waals surface area contributed by atoms with Gasteiger partial charge in [-0.15, -0.1) is 0 Å². The number of aliphatic imine (C=N–C) groups is 1. The van der Waals surface area contributed by atoms with Crippen LogP contribution < -0.4 is 20.1 Å². The summed E-state index contributed by atoms with van der Waals surface area (Å²) in [4.78, 5) is 21.4. The molecule has 3 rings (SSSR count). The highest BCUT2D eigenvalue weighted by Gasteiger charge is 2.13. The Bertz CT molecular complexity index is 976. The molecule has 1 heterocycles. The summed E-state index contributed by atoms with van der Waals surface area (Å²) < 4.78 is 10.5. The van der Waals surface area contributed by atoms with Crippen LogP contribution in [0, 0.1) is 0 Å². The number of aromatic nitrogens is 1. The van der Waals surface area contributed by atoms with Gasteiger partial charge < -0.3 is 14.8 Å². The van der Waals surface area contributed by atoms with Crippen molar-refractivity contribution in [3.05, 3.63) is 84.2 Å². The highest BCUT2D eigenvalue weighted by molar-refractivity contribution is 6.10. The van der Waals surface area contributed by atoms with Gasteiger partial charge in [-0.05, 0) is 42.0 Å². The zero-order valence-corrected chi connectivity index (χ0v) is 16.3. The number of para-hydroxylation sites is 1. The van der Waals surface area contributed by atoms with Crippen molar-refractivity contribution in [1.29, 1.82) is 0 Å². The SMILES string of the molecule is COc1ccc(C(=O)NC(=NCc2cccnc2)Nc2ccccc2)cc1OC. The third-order valence-electron chi connectivity index (χ3n) is 4.06. The van der Waals surface area contributed by atoms with Gasteiger partial charge in [-0.3, -0.25) is 15.1 Å². The molecule has 2 aromatic carbocycles. The van der Waals surface area contributed by atoms with Crippen molar-refractivity contribution in [2.24, 2.45) is 4.99 Å². The standard InChI is InChI=1S/C22H22N4O3/c1-28-19-11-10-17(13-20(19)29-2)21(27)26-22(25-18-8-4-3-5-9-18)24-15-16-7-6-12-23-14-16/h3-14H,15H2,1-2H3,(H2,24,25,26,27). The summed E-state index contributed by atoms with van der Waals surface area (Å²) in [5, 5.41) is 5.97. The minimum absolute atomic E-state index is 0.320. The van der Waals surface area contributed by atoms with Gasteiger partial charge in [-0.25, -0.2) is 4.99 Å². The molecule has 148 valence electrons. The van der Waals surface area contributed by atoms with Gasteiger partial charge in [0, 0.05) is 23.6 Å². The van der Waals surface area contributed by atoms with Crippen molar-refractivity contribution in [3.63, 3.8) is 0 Å². The summed E-state index contributed by atoms with van der Waals surface area (Å²) in [6, 6.07) is 18.2. The third-order valence-corrected chi connectivity index (χ3v) is 4.06. The molecule has 0 aliphatic heterocycles. The van der Waals surface area contributed by atoms with Gasteiger partial charge in [0.1, 0.15) is 0 Å². The topological polar surface area (TPSA) is 84.8 Å². The maximum atomic E-state index is 12.8. The first-order valence-corrected chi connectivity index (χ1v) is 8.98. The van der Waals surface area contributed by atoms with Gasteiger partial charge in [-0.2, -0.15) is 0 Å². The van der Waals surface area contributed by atoms with Crippen molar-refractivity contribution in [2.45, 2.75) is 6.54 Å². The van der Waals surface area contributed by atoms with Crippen LogP contribution in [-0.4, -0.2) is 31.1 Å². The lowest BCUT2D eigenvalue weighted by atomic mass is 10.2. The summed E-state index contributed by atoms with van der Waals surface area (Å²) in [6.45, 7) is 0.370. The van der Waals surface area contributed by atoms with Crippen molar-refractivity contribution >= 4 is 17.6 Å². The number of anilines is 1. The molecule has 0 aliphatic carbocycles. The summed E-state index contributed by atoms with van der Waals surface area (Å²) >= 11 is 0. The molecule has 3 aromatic rings. The number of methoxy groups -OCH3 is 2. The zero-order chi connectivity index (χ0) is 20.5. The fourth-order valence-electron chi connectivity index (χ4n) is 2.59. The highest BCUT2D eigenvalue weighted by atomic mass is 16.5. The van der Waals surface area contributed by atoms with Crippen molar-refractivity contribution in [1.82, 2.24) is 10.3 Å². The maximum Gasteiger partial charge on any atom is 0.258 e. The Labute approximate surface area is 169 Å². The maximum absolute atomic E-state index is 12.8. The Morgan fingerprint density at radius 1 is 1.00 bits per heavy atom. The van der Waals surface area contributed by atoms with Crippen LogP contribution in [0.1, 0.15) is 15.9 Å². The number of nitrogens with one attached hydrogen (secondary N) is 2. The molecular formula is C22H22N4O3. The van der Waals surface area contributed by atoms with Crippen LogP contribution in [0.4, 0.5) is 5.69 Å². The molecule has 7 nitrogen and oxygen atoms in total. The first-order valence-electron chi connectivity index (χ1n) is 8.98. The van der Waals surface area contributed by atoms with Gasteiger partial charge in [0.15, 0.2) is 11.5 Å². The van der Waals surface area contributed by atoms with E-state index in [-0.39, 0.29) is 5.91 Å². The average molecular weight is 390 g/mol. The fourth-order valence-corrected chi connectivity index (χ4v) is 2.59. The number of benzene rings is 2. The van der Waals surface area contributed by atoms with E-state index >= 15 is 0 Å². The highest BCUT2D eigenvalue weighted by Crippen LogP contribution is 2.27. The smallest absolute Gasteiger partial charge is 0.258 e. The quantitative estimate of drug-likeness (QED) is 0.497. The minimum Gasteiger partial charge on any atom is -0.493 e. The van der Waals surface area contributed by atoms with Crippen LogP contribution in [0.2, 0.25) is 0 Å². The number of hydrogen-bond donors (Lipinski definition) is 2. The van der Waals surface area contributed by atoms with Gasteiger partial charge in [0.05, 0.1) is 20.8 Å². The zero-order valence-electron chi connectivity index (χ0n) is 16.3. The van der Waals surface area contributed by atoms with Gasteiger partial charge in [-0.1, -0.05) is 24.3 Å². The number of pyridine rings is 1. The van der Waals surface area contributed by atoms with Crippen molar-refractivity contribution < 1.29 is 14.3 Å². The lowest BCUT2D eigenvalue weighted by Gasteiger charge is -2.13. The first-order chi connectivity index (χ1) is 14.2. The van der Waals surface area contributed by atoms with Crippen LogP contribution in [0.3, 0.4) is 0 Å². The molecule has 0 bridgehead atoms. The van der Waals surface area contributed by atoms with E-state index in [0.717, 1.165) is 11.3 Å². The Kier molecular flexibility index (Phi) is 6.78. The summed E-state index contributed by atoms with van der Waals surface area (Å²) in [6.07, 6.45) is 3.44. The number of rotatable bonds is 6. The normalized spacial score (nSPS) is 10.9. The molecule has 0 unspecified atom stereocenters. The van der Waals surface area contributed by atoms with E-state index in [0.29, 0.717) is 29.6 Å². The summed E-state index contributed by atoms with van der Waals surface area (Å²) in [5.74, 6) is 1.04. The Balaban J connectivity index is 1.81. The van der Waals surface area contributed by atoms with Gasteiger partial charge in [0.2, 0.25) is 5.96 Å². The molecule has 2 N–H and O–H groups in total. The van der Waals surface area contributed by atoms with E-state index in [9.17, 15) is 4.79 Å². The molecule has 0 aliphatic rings. The second-order valence-electron chi connectivity index (χ2n) is 6.04. The molecule has 1 amide bonds. The van der Waals surface area contributed by atoms with Gasteiger partial charge >= 0.3 is 0 Å². The molecule has 0 saturated carbocycles. The van der Waals surface area contributed by atoms with Crippen LogP contribution in [0.15, 0.2) is 78.0 Å². The molecule has 0 radical (unpaired) electrons. The number of amides is 1. The summed E-state index contributed by atoms with van der Waals surface area (Å²) in [7, 11) is 3.07. The van der Waals surface area contributed by atoms with E-state index in [4.69, 9.17) is 9.47 Å². The van der Waals surface area contributed by atoms with Crippen LogP contribution in [-0.2, 0) is 6.54 Å². The minimum atomic E-state index is -0.320. The van der Waals surface area contributed by atoms with E-state index in [1.807, 2.05) is 42.5 Å².